The Kier molecular flexibility index (Phi) is 5.24. The van der Waals surface area contributed by atoms with E-state index in [1.165, 1.54) is 40.7 Å². The minimum absolute atomic E-state index is 0.113. The summed E-state index contributed by atoms with van der Waals surface area (Å²) in [5.74, 6) is 0.196. The van der Waals surface area contributed by atoms with Crippen LogP contribution in [0.15, 0.2) is 53.7 Å². The second-order valence-corrected chi connectivity index (χ2v) is 5.86. The highest BCUT2D eigenvalue weighted by Crippen LogP contribution is 2.21. The zero-order valence-corrected chi connectivity index (χ0v) is 14.0. The van der Waals surface area contributed by atoms with Crippen LogP contribution in [0.4, 0.5) is 10.1 Å². The number of tetrazole rings is 1. The van der Waals surface area contributed by atoms with Crippen molar-refractivity contribution in [3.63, 3.8) is 0 Å². The van der Waals surface area contributed by atoms with Crippen molar-refractivity contribution >= 4 is 23.4 Å². The summed E-state index contributed by atoms with van der Waals surface area (Å²) in [7, 11) is 1.58. The number of hydrogen-bond donors (Lipinski definition) is 1. The number of benzene rings is 2. The fraction of sp³-hybridized carbons (Fsp3) is 0.125. The first-order valence-corrected chi connectivity index (χ1v) is 8.25. The number of rotatable bonds is 6. The summed E-state index contributed by atoms with van der Waals surface area (Å²) in [5, 5.41) is 14.7. The number of aromatic nitrogens is 4. The highest BCUT2D eigenvalue weighted by molar-refractivity contribution is 7.99. The summed E-state index contributed by atoms with van der Waals surface area (Å²) in [6, 6.07) is 12.8. The molecular weight excluding hydrogens is 345 g/mol. The summed E-state index contributed by atoms with van der Waals surface area (Å²) in [6.07, 6.45) is 0. The van der Waals surface area contributed by atoms with Gasteiger partial charge in [0.25, 0.3) is 0 Å². The minimum Gasteiger partial charge on any atom is -0.497 e. The van der Waals surface area contributed by atoms with Crippen molar-refractivity contribution in [2.24, 2.45) is 0 Å². The van der Waals surface area contributed by atoms with Gasteiger partial charge in [-0.1, -0.05) is 17.8 Å². The maximum absolute atomic E-state index is 12.9. The van der Waals surface area contributed by atoms with Crippen molar-refractivity contribution < 1.29 is 13.9 Å². The van der Waals surface area contributed by atoms with E-state index in [0.717, 1.165) is 5.69 Å². The third-order valence-electron chi connectivity index (χ3n) is 3.20. The number of hydrogen-bond acceptors (Lipinski definition) is 6. The van der Waals surface area contributed by atoms with Gasteiger partial charge in [0, 0.05) is 11.8 Å². The molecule has 7 nitrogen and oxygen atoms in total. The Hall–Kier alpha value is -2.94. The zero-order chi connectivity index (χ0) is 17.6. The lowest BCUT2D eigenvalue weighted by Gasteiger charge is -2.07. The van der Waals surface area contributed by atoms with E-state index >= 15 is 0 Å². The molecule has 0 aliphatic carbocycles. The molecule has 0 radical (unpaired) electrons. The number of nitrogens with zero attached hydrogens (tertiary/aromatic N) is 4. The van der Waals surface area contributed by atoms with E-state index in [4.69, 9.17) is 4.74 Å². The Morgan fingerprint density at radius 3 is 2.84 bits per heavy atom. The van der Waals surface area contributed by atoms with Gasteiger partial charge in [0.1, 0.15) is 11.6 Å². The molecule has 0 fully saturated rings. The number of thioether (sulfide) groups is 1. The van der Waals surface area contributed by atoms with Crippen molar-refractivity contribution in [1.29, 1.82) is 0 Å². The molecule has 1 N–H and O–H groups in total. The number of ether oxygens (including phenoxy) is 1. The van der Waals surface area contributed by atoms with Gasteiger partial charge in [0.05, 0.1) is 18.6 Å². The Bertz CT molecular complexity index is 869. The van der Waals surface area contributed by atoms with Crippen LogP contribution >= 0.6 is 11.8 Å². The van der Waals surface area contributed by atoms with Gasteiger partial charge in [-0.25, -0.2) is 4.39 Å². The molecule has 0 atom stereocenters. The Balaban J connectivity index is 1.65. The van der Waals surface area contributed by atoms with Crippen LogP contribution in [0.1, 0.15) is 0 Å². The van der Waals surface area contributed by atoms with Gasteiger partial charge in [0.15, 0.2) is 0 Å². The molecule has 9 heteroatoms. The number of anilines is 1. The van der Waals surface area contributed by atoms with Crippen molar-refractivity contribution in [2.45, 2.75) is 5.16 Å². The van der Waals surface area contributed by atoms with Crippen LogP contribution in [-0.4, -0.2) is 39.0 Å². The lowest BCUT2D eigenvalue weighted by Crippen LogP contribution is -2.14. The zero-order valence-electron chi connectivity index (χ0n) is 13.2. The van der Waals surface area contributed by atoms with Gasteiger partial charge in [-0.05, 0) is 46.8 Å². The third-order valence-corrected chi connectivity index (χ3v) is 4.12. The van der Waals surface area contributed by atoms with Crippen LogP contribution in [0.2, 0.25) is 0 Å². The second-order valence-electron chi connectivity index (χ2n) is 4.92. The van der Waals surface area contributed by atoms with Gasteiger partial charge < -0.3 is 10.1 Å². The molecule has 3 aromatic rings. The molecule has 0 aliphatic rings. The van der Waals surface area contributed by atoms with E-state index in [2.05, 4.69) is 20.8 Å². The van der Waals surface area contributed by atoms with Gasteiger partial charge in [-0.2, -0.15) is 4.68 Å². The van der Waals surface area contributed by atoms with Crippen LogP contribution in [0, 0.1) is 5.82 Å². The lowest BCUT2D eigenvalue weighted by molar-refractivity contribution is -0.113. The average molecular weight is 359 g/mol. The fourth-order valence-corrected chi connectivity index (χ4v) is 2.72. The standard InChI is InChI=1S/C16H14FN5O2S/c1-24-14-4-2-3-13(9-14)22-16(19-20-21-22)25-10-15(23)18-12-7-5-11(17)6-8-12/h2-9H,10H2,1H3,(H,18,23). The first-order valence-electron chi connectivity index (χ1n) is 7.27. The highest BCUT2D eigenvalue weighted by atomic mass is 32.2. The van der Waals surface area contributed by atoms with Gasteiger partial charge in [-0.15, -0.1) is 5.10 Å². The number of methoxy groups -OCH3 is 1. The average Bonchev–Trinajstić information content (AvgIpc) is 3.10. The molecule has 0 saturated heterocycles. The molecule has 0 spiro atoms. The molecule has 0 unspecified atom stereocenters. The molecule has 0 aliphatic heterocycles. The minimum atomic E-state index is -0.357. The summed E-state index contributed by atoms with van der Waals surface area (Å²) in [6.45, 7) is 0. The molecule has 25 heavy (non-hydrogen) atoms. The lowest BCUT2D eigenvalue weighted by atomic mass is 10.3. The quantitative estimate of drug-likeness (QED) is 0.681. The van der Waals surface area contributed by atoms with Crippen molar-refractivity contribution in [3.8, 4) is 11.4 Å². The first kappa shape index (κ1) is 16.9. The van der Waals surface area contributed by atoms with E-state index in [0.29, 0.717) is 16.6 Å². The number of amides is 1. The second kappa shape index (κ2) is 7.75. The smallest absolute Gasteiger partial charge is 0.234 e. The summed E-state index contributed by atoms with van der Waals surface area (Å²) < 4.78 is 19.6. The summed E-state index contributed by atoms with van der Waals surface area (Å²) in [5.41, 5.74) is 1.25. The highest BCUT2D eigenvalue weighted by Gasteiger charge is 2.12. The van der Waals surface area contributed by atoms with Crippen LogP contribution in [0.3, 0.4) is 0 Å². The predicted octanol–water partition coefficient (Wildman–Crippen LogP) is 2.54. The SMILES string of the molecule is COc1cccc(-n2nnnc2SCC(=O)Nc2ccc(F)cc2)c1. The molecule has 1 aromatic heterocycles. The van der Waals surface area contributed by atoms with Crippen molar-refractivity contribution in [2.75, 3.05) is 18.2 Å². The van der Waals surface area contributed by atoms with Crippen LogP contribution in [-0.2, 0) is 4.79 Å². The molecule has 128 valence electrons. The van der Waals surface area contributed by atoms with Crippen molar-refractivity contribution in [1.82, 2.24) is 20.2 Å². The van der Waals surface area contributed by atoms with Crippen LogP contribution in [0.25, 0.3) is 5.69 Å². The normalized spacial score (nSPS) is 10.5. The molecule has 3 rings (SSSR count). The van der Waals surface area contributed by atoms with Gasteiger partial charge >= 0.3 is 0 Å². The van der Waals surface area contributed by atoms with E-state index < -0.39 is 0 Å². The number of halogens is 1. The summed E-state index contributed by atoms with van der Waals surface area (Å²) >= 11 is 1.19. The van der Waals surface area contributed by atoms with E-state index in [1.807, 2.05) is 18.2 Å². The van der Waals surface area contributed by atoms with E-state index in [1.54, 1.807) is 13.2 Å². The van der Waals surface area contributed by atoms with Crippen LogP contribution in [0.5, 0.6) is 5.75 Å². The van der Waals surface area contributed by atoms with Gasteiger partial charge in [0.2, 0.25) is 11.1 Å². The third kappa shape index (κ3) is 4.32. The molecule has 2 aromatic carbocycles. The Labute approximate surface area is 147 Å². The summed E-state index contributed by atoms with van der Waals surface area (Å²) in [4.78, 5) is 12.0. The van der Waals surface area contributed by atoms with Gasteiger partial charge in [-0.3, -0.25) is 4.79 Å². The van der Waals surface area contributed by atoms with Crippen LogP contribution < -0.4 is 10.1 Å². The largest absolute Gasteiger partial charge is 0.497 e. The maximum atomic E-state index is 12.9. The number of carbonyl (C=O) groups excluding carboxylic acids is 1. The maximum Gasteiger partial charge on any atom is 0.234 e. The molecule has 1 heterocycles. The Morgan fingerprint density at radius 2 is 2.08 bits per heavy atom. The number of nitrogens with one attached hydrogen (secondary N) is 1. The monoisotopic (exact) mass is 359 g/mol. The van der Waals surface area contributed by atoms with E-state index in [-0.39, 0.29) is 17.5 Å². The molecule has 0 bridgehead atoms. The topological polar surface area (TPSA) is 81.9 Å². The molecule has 1 amide bonds. The predicted molar refractivity (Wildman–Crippen MR) is 91.5 cm³/mol. The van der Waals surface area contributed by atoms with E-state index in [9.17, 15) is 9.18 Å². The Morgan fingerprint density at radius 1 is 1.28 bits per heavy atom. The molecule has 0 saturated carbocycles. The fourth-order valence-electron chi connectivity index (χ4n) is 2.03. The number of carbonyl (C=O) groups is 1. The molecular formula is C16H14FN5O2S. The first-order chi connectivity index (χ1) is 12.2. The van der Waals surface area contributed by atoms with Crippen molar-refractivity contribution in [3.05, 3.63) is 54.3 Å².